The molecule has 0 aromatic heterocycles. The SMILES string of the molecule is CC(OC(CO)CN1CC=CCC1)N1CC=CCC1. The first-order valence-electron chi connectivity index (χ1n) is 7.32. The second-order valence-corrected chi connectivity index (χ2v) is 5.31. The lowest BCUT2D eigenvalue weighted by molar-refractivity contribution is -0.108. The van der Waals surface area contributed by atoms with E-state index >= 15 is 0 Å². The summed E-state index contributed by atoms with van der Waals surface area (Å²) in [5.74, 6) is 0. The fourth-order valence-electron chi connectivity index (χ4n) is 2.64. The summed E-state index contributed by atoms with van der Waals surface area (Å²) >= 11 is 0. The predicted molar refractivity (Wildman–Crippen MR) is 76.9 cm³/mol. The number of hydrogen-bond donors (Lipinski definition) is 1. The normalized spacial score (nSPS) is 24.5. The van der Waals surface area contributed by atoms with Crippen LogP contribution in [0.2, 0.25) is 0 Å². The summed E-state index contributed by atoms with van der Waals surface area (Å²) in [5.41, 5.74) is 0. The van der Waals surface area contributed by atoms with E-state index in [0.29, 0.717) is 0 Å². The van der Waals surface area contributed by atoms with Crippen molar-refractivity contribution < 1.29 is 9.84 Å². The Hall–Kier alpha value is -0.680. The van der Waals surface area contributed by atoms with Crippen LogP contribution in [0.3, 0.4) is 0 Å². The van der Waals surface area contributed by atoms with E-state index in [4.69, 9.17) is 4.74 Å². The largest absolute Gasteiger partial charge is 0.394 e. The summed E-state index contributed by atoms with van der Waals surface area (Å²) in [6, 6.07) is 0. The van der Waals surface area contributed by atoms with Crippen LogP contribution in [-0.4, -0.2) is 66.6 Å². The standard InChI is InChI=1S/C15H26N2O2/c1-14(17-10-6-3-7-11-17)19-15(13-18)12-16-8-4-2-5-9-16/h2-4,6,14-15,18H,5,7-13H2,1H3. The van der Waals surface area contributed by atoms with Gasteiger partial charge in [0.2, 0.25) is 0 Å². The maximum absolute atomic E-state index is 9.50. The molecule has 2 rings (SSSR count). The van der Waals surface area contributed by atoms with E-state index in [1.54, 1.807) is 0 Å². The molecule has 0 saturated carbocycles. The minimum absolute atomic E-state index is 0.0717. The van der Waals surface area contributed by atoms with Crippen molar-refractivity contribution in [2.45, 2.75) is 32.1 Å². The van der Waals surface area contributed by atoms with Gasteiger partial charge in [0, 0.05) is 32.7 Å². The number of nitrogens with zero attached hydrogens (tertiary/aromatic N) is 2. The Morgan fingerprint density at radius 2 is 1.84 bits per heavy atom. The molecule has 0 aromatic carbocycles. The molecular formula is C15H26N2O2. The van der Waals surface area contributed by atoms with Crippen LogP contribution < -0.4 is 0 Å². The quantitative estimate of drug-likeness (QED) is 0.734. The van der Waals surface area contributed by atoms with Gasteiger partial charge in [-0.1, -0.05) is 24.3 Å². The van der Waals surface area contributed by atoms with Crippen LogP contribution in [0.15, 0.2) is 24.3 Å². The monoisotopic (exact) mass is 266 g/mol. The summed E-state index contributed by atoms with van der Waals surface area (Å²) in [7, 11) is 0. The molecule has 2 heterocycles. The Balaban J connectivity index is 1.77. The van der Waals surface area contributed by atoms with Crippen molar-refractivity contribution in [3.05, 3.63) is 24.3 Å². The fraction of sp³-hybridized carbons (Fsp3) is 0.733. The summed E-state index contributed by atoms with van der Waals surface area (Å²) in [4.78, 5) is 4.64. The van der Waals surface area contributed by atoms with Gasteiger partial charge < -0.3 is 9.84 Å². The molecule has 2 unspecified atom stereocenters. The van der Waals surface area contributed by atoms with Gasteiger partial charge in [-0.05, 0) is 19.8 Å². The Kier molecular flexibility index (Phi) is 6.04. The first-order valence-corrected chi connectivity index (χ1v) is 7.32. The lowest BCUT2D eigenvalue weighted by Crippen LogP contribution is -2.44. The maximum atomic E-state index is 9.50. The molecule has 0 saturated heterocycles. The fourth-order valence-corrected chi connectivity index (χ4v) is 2.64. The Morgan fingerprint density at radius 1 is 1.11 bits per heavy atom. The lowest BCUT2D eigenvalue weighted by Gasteiger charge is -2.34. The molecule has 4 nitrogen and oxygen atoms in total. The van der Waals surface area contributed by atoms with Crippen LogP contribution in [-0.2, 0) is 4.74 Å². The molecule has 0 aromatic rings. The molecular weight excluding hydrogens is 240 g/mol. The van der Waals surface area contributed by atoms with Crippen LogP contribution in [0, 0.1) is 0 Å². The summed E-state index contributed by atoms with van der Waals surface area (Å²) in [5, 5.41) is 9.50. The van der Waals surface area contributed by atoms with Crippen molar-refractivity contribution in [2.75, 3.05) is 39.3 Å². The molecule has 0 bridgehead atoms. The lowest BCUT2D eigenvalue weighted by atomic mass is 10.2. The van der Waals surface area contributed by atoms with Crippen LogP contribution in [0.5, 0.6) is 0 Å². The number of rotatable bonds is 6. The summed E-state index contributed by atoms with van der Waals surface area (Å²) in [6.45, 7) is 7.02. The topological polar surface area (TPSA) is 35.9 Å². The Labute approximate surface area is 116 Å². The van der Waals surface area contributed by atoms with Gasteiger partial charge >= 0.3 is 0 Å². The zero-order valence-electron chi connectivity index (χ0n) is 11.9. The molecule has 108 valence electrons. The van der Waals surface area contributed by atoms with Gasteiger partial charge in [0.1, 0.15) is 6.23 Å². The molecule has 0 spiro atoms. The van der Waals surface area contributed by atoms with E-state index in [1.807, 2.05) is 0 Å². The second-order valence-electron chi connectivity index (χ2n) is 5.31. The van der Waals surface area contributed by atoms with Crippen molar-refractivity contribution in [2.24, 2.45) is 0 Å². The Morgan fingerprint density at radius 3 is 2.42 bits per heavy atom. The van der Waals surface area contributed by atoms with E-state index in [0.717, 1.165) is 45.6 Å². The highest BCUT2D eigenvalue weighted by atomic mass is 16.5. The first-order chi connectivity index (χ1) is 9.29. The second kappa shape index (κ2) is 7.80. The molecule has 0 aliphatic carbocycles. The number of aliphatic hydroxyl groups excluding tert-OH is 1. The minimum atomic E-state index is -0.0904. The van der Waals surface area contributed by atoms with Crippen molar-refractivity contribution >= 4 is 0 Å². The van der Waals surface area contributed by atoms with Gasteiger partial charge in [0.25, 0.3) is 0 Å². The molecule has 2 aliphatic rings. The Bertz CT molecular complexity index is 317. The highest BCUT2D eigenvalue weighted by Gasteiger charge is 2.21. The summed E-state index contributed by atoms with van der Waals surface area (Å²) < 4.78 is 6.02. The maximum Gasteiger partial charge on any atom is 0.108 e. The van der Waals surface area contributed by atoms with Gasteiger partial charge in [-0.15, -0.1) is 0 Å². The first kappa shape index (κ1) is 14.7. The van der Waals surface area contributed by atoms with E-state index < -0.39 is 0 Å². The van der Waals surface area contributed by atoms with E-state index in [-0.39, 0.29) is 18.9 Å². The van der Waals surface area contributed by atoms with Crippen LogP contribution in [0.1, 0.15) is 19.8 Å². The van der Waals surface area contributed by atoms with Crippen molar-refractivity contribution in [3.63, 3.8) is 0 Å². The van der Waals surface area contributed by atoms with Gasteiger partial charge in [-0.2, -0.15) is 0 Å². The highest BCUT2D eigenvalue weighted by Crippen LogP contribution is 2.11. The number of ether oxygens (including phenoxy) is 1. The minimum Gasteiger partial charge on any atom is -0.394 e. The molecule has 1 N–H and O–H groups in total. The van der Waals surface area contributed by atoms with E-state index in [2.05, 4.69) is 41.0 Å². The average molecular weight is 266 g/mol. The molecule has 2 aliphatic heterocycles. The molecule has 4 heteroatoms. The van der Waals surface area contributed by atoms with Crippen LogP contribution >= 0.6 is 0 Å². The zero-order chi connectivity index (χ0) is 13.5. The van der Waals surface area contributed by atoms with Crippen molar-refractivity contribution in [1.82, 2.24) is 9.80 Å². The van der Waals surface area contributed by atoms with Gasteiger partial charge in [-0.25, -0.2) is 0 Å². The van der Waals surface area contributed by atoms with Crippen LogP contribution in [0.4, 0.5) is 0 Å². The number of hydrogen-bond acceptors (Lipinski definition) is 4. The summed E-state index contributed by atoms with van der Waals surface area (Å²) in [6.07, 6.45) is 11.0. The number of aliphatic hydroxyl groups is 1. The third-order valence-electron chi connectivity index (χ3n) is 3.80. The predicted octanol–water partition coefficient (Wildman–Crippen LogP) is 1.23. The van der Waals surface area contributed by atoms with Crippen molar-refractivity contribution in [1.29, 1.82) is 0 Å². The average Bonchev–Trinajstić information content (AvgIpc) is 2.48. The third-order valence-corrected chi connectivity index (χ3v) is 3.80. The van der Waals surface area contributed by atoms with Gasteiger partial charge in [0.15, 0.2) is 0 Å². The molecule has 0 amide bonds. The smallest absolute Gasteiger partial charge is 0.108 e. The van der Waals surface area contributed by atoms with Gasteiger partial charge in [0.05, 0.1) is 12.7 Å². The van der Waals surface area contributed by atoms with E-state index in [9.17, 15) is 5.11 Å². The molecule has 19 heavy (non-hydrogen) atoms. The van der Waals surface area contributed by atoms with E-state index in [1.165, 1.54) is 0 Å². The molecule has 2 atom stereocenters. The molecule has 0 fully saturated rings. The van der Waals surface area contributed by atoms with Crippen molar-refractivity contribution in [3.8, 4) is 0 Å². The zero-order valence-corrected chi connectivity index (χ0v) is 11.9. The third kappa shape index (κ3) is 4.73. The van der Waals surface area contributed by atoms with Crippen LogP contribution in [0.25, 0.3) is 0 Å². The highest BCUT2D eigenvalue weighted by molar-refractivity contribution is 4.92. The molecule has 0 radical (unpaired) electrons. The van der Waals surface area contributed by atoms with Gasteiger partial charge in [-0.3, -0.25) is 9.80 Å².